The Balaban J connectivity index is 1.95. The fraction of sp³-hybridized carbons (Fsp3) is 0.214. The van der Waals surface area contributed by atoms with Crippen molar-refractivity contribution >= 4 is 34.2 Å². The van der Waals surface area contributed by atoms with Gasteiger partial charge < -0.3 is 10.6 Å². The SMILES string of the molecule is NC(=S)c1ccccc1N1CCc2sccc2C1. The Kier molecular flexibility index (Phi) is 3.06. The molecule has 2 N–H and O–H groups in total. The minimum absolute atomic E-state index is 0.474. The summed E-state index contributed by atoms with van der Waals surface area (Å²) in [4.78, 5) is 4.35. The first-order valence-electron chi connectivity index (χ1n) is 5.95. The molecule has 1 aromatic heterocycles. The molecular formula is C14H14N2S2. The Morgan fingerprint density at radius 2 is 2.11 bits per heavy atom. The number of hydrogen-bond donors (Lipinski definition) is 1. The van der Waals surface area contributed by atoms with Crippen LogP contribution in [0, 0.1) is 0 Å². The maximum Gasteiger partial charge on any atom is 0.106 e. The van der Waals surface area contributed by atoms with Gasteiger partial charge in [0, 0.05) is 29.2 Å². The lowest BCUT2D eigenvalue weighted by atomic mass is 10.1. The predicted molar refractivity (Wildman–Crippen MR) is 81.4 cm³/mol. The van der Waals surface area contributed by atoms with Gasteiger partial charge in [-0.1, -0.05) is 24.4 Å². The molecule has 0 unspecified atom stereocenters. The molecule has 0 radical (unpaired) electrons. The Hall–Kier alpha value is -1.39. The second-order valence-corrected chi connectivity index (χ2v) is 5.86. The summed E-state index contributed by atoms with van der Waals surface area (Å²) in [6, 6.07) is 10.3. The largest absolute Gasteiger partial charge is 0.389 e. The van der Waals surface area contributed by atoms with Gasteiger partial charge in [0.2, 0.25) is 0 Å². The van der Waals surface area contributed by atoms with E-state index in [2.05, 4.69) is 22.4 Å². The van der Waals surface area contributed by atoms with Crippen molar-refractivity contribution in [3.63, 3.8) is 0 Å². The number of benzene rings is 1. The maximum absolute atomic E-state index is 5.80. The minimum atomic E-state index is 0.474. The molecule has 2 aromatic rings. The van der Waals surface area contributed by atoms with Gasteiger partial charge in [-0.05, 0) is 35.6 Å². The number of rotatable bonds is 2. The van der Waals surface area contributed by atoms with E-state index in [1.54, 1.807) is 0 Å². The highest BCUT2D eigenvalue weighted by atomic mass is 32.1. The maximum atomic E-state index is 5.80. The molecule has 2 heterocycles. The van der Waals surface area contributed by atoms with Gasteiger partial charge in [0.1, 0.15) is 4.99 Å². The van der Waals surface area contributed by atoms with E-state index in [4.69, 9.17) is 18.0 Å². The highest BCUT2D eigenvalue weighted by Crippen LogP contribution is 2.29. The minimum Gasteiger partial charge on any atom is -0.389 e. The van der Waals surface area contributed by atoms with Gasteiger partial charge in [-0.15, -0.1) is 11.3 Å². The molecule has 0 spiro atoms. The smallest absolute Gasteiger partial charge is 0.106 e. The summed E-state index contributed by atoms with van der Waals surface area (Å²) in [5, 5.41) is 2.17. The van der Waals surface area contributed by atoms with Crippen LogP contribution >= 0.6 is 23.6 Å². The van der Waals surface area contributed by atoms with E-state index < -0.39 is 0 Å². The van der Waals surface area contributed by atoms with Crippen LogP contribution in [0.2, 0.25) is 0 Å². The molecule has 0 amide bonds. The molecule has 3 rings (SSSR count). The lowest BCUT2D eigenvalue weighted by Crippen LogP contribution is -2.31. The van der Waals surface area contributed by atoms with Crippen LogP contribution in [-0.2, 0) is 13.0 Å². The Labute approximate surface area is 116 Å². The second kappa shape index (κ2) is 4.71. The first kappa shape index (κ1) is 11.7. The summed E-state index contributed by atoms with van der Waals surface area (Å²) in [6.45, 7) is 1.99. The number of hydrogen-bond acceptors (Lipinski definition) is 3. The highest BCUT2D eigenvalue weighted by molar-refractivity contribution is 7.80. The Morgan fingerprint density at radius 1 is 1.28 bits per heavy atom. The molecule has 18 heavy (non-hydrogen) atoms. The molecule has 0 fully saturated rings. The molecule has 1 aliphatic heterocycles. The van der Waals surface area contributed by atoms with Crippen LogP contribution in [0.3, 0.4) is 0 Å². The van der Waals surface area contributed by atoms with Crippen LogP contribution in [0.4, 0.5) is 5.69 Å². The van der Waals surface area contributed by atoms with Gasteiger partial charge in [0.15, 0.2) is 0 Å². The number of thiophene rings is 1. The van der Waals surface area contributed by atoms with Gasteiger partial charge in [-0.2, -0.15) is 0 Å². The summed E-state index contributed by atoms with van der Waals surface area (Å²) < 4.78 is 0. The van der Waals surface area contributed by atoms with Crippen molar-refractivity contribution in [3.05, 3.63) is 51.7 Å². The summed E-state index contributed by atoms with van der Waals surface area (Å²) in [5.41, 5.74) is 9.37. The van der Waals surface area contributed by atoms with Crippen molar-refractivity contribution in [2.45, 2.75) is 13.0 Å². The zero-order chi connectivity index (χ0) is 12.5. The molecule has 1 aromatic carbocycles. The van der Waals surface area contributed by atoms with Crippen molar-refractivity contribution in [1.82, 2.24) is 0 Å². The average Bonchev–Trinajstić information content (AvgIpc) is 2.85. The summed E-state index contributed by atoms with van der Waals surface area (Å²) in [5.74, 6) is 0. The van der Waals surface area contributed by atoms with Crippen molar-refractivity contribution in [2.24, 2.45) is 5.73 Å². The van der Waals surface area contributed by atoms with Gasteiger partial charge in [0.25, 0.3) is 0 Å². The van der Waals surface area contributed by atoms with Crippen molar-refractivity contribution in [3.8, 4) is 0 Å². The molecule has 2 nitrogen and oxygen atoms in total. The fourth-order valence-corrected chi connectivity index (χ4v) is 3.47. The van der Waals surface area contributed by atoms with E-state index >= 15 is 0 Å². The van der Waals surface area contributed by atoms with Gasteiger partial charge in [-0.25, -0.2) is 0 Å². The van der Waals surface area contributed by atoms with Crippen LogP contribution in [0.5, 0.6) is 0 Å². The molecule has 1 aliphatic rings. The van der Waals surface area contributed by atoms with Crippen LogP contribution in [0.15, 0.2) is 35.7 Å². The van der Waals surface area contributed by atoms with Gasteiger partial charge in [0.05, 0.1) is 0 Å². The molecular weight excluding hydrogens is 260 g/mol. The number of thiocarbonyl (C=S) groups is 1. The van der Waals surface area contributed by atoms with Crippen LogP contribution in [-0.4, -0.2) is 11.5 Å². The van der Waals surface area contributed by atoms with Crippen LogP contribution < -0.4 is 10.6 Å². The molecule has 0 saturated carbocycles. The van der Waals surface area contributed by atoms with E-state index in [1.165, 1.54) is 10.4 Å². The third kappa shape index (κ3) is 2.02. The number of para-hydroxylation sites is 1. The Bertz CT molecular complexity index is 589. The fourth-order valence-electron chi connectivity index (χ4n) is 2.41. The van der Waals surface area contributed by atoms with Crippen LogP contribution in [0.1, 0.15) is 16.0 Å². The number of fused-ring (bicyclic) bond motifs is 1. The number of nitrogens with two attached hydrogens (primary N) is 1. The molecule has 0 aliphatic carbocycles. The third-order valence-electron chi connectivity index (χ3n) is 3.32. The van der Waals surface area contributed by atoms with Crippen LogP contribution in [0.25, 0.3) is 0 Å². The van der Waals surface area contributed by atoms with Crippen molar-refractivity contribution in [2.75, 3.05) is 11.4 Å². The summed E-state index contributed by atoms with van der Waals surface area (Å²) in [6.07, 6.45) is 1.11. The third-order valence-corrected chi connectivity index (χ3v) is 4.56. The predicted octanol–water partition coefficient (Wildman–Crippen LogP) is 2.95. The monoisotopic (exact) mass is 274 g/mol. The molecule has 0 saturated heterocycles. The van der Waals surface area contributed by atoms with E-state index in [0.29, 0.717) is 4.99 Å². The standard InChI is InChI=1S/C14H14N2S2/c15-14(17)11-3-1-2-4-12(11)16-7-5-13-10(9-16)6-8-18-13/h1-4,6,8H,5,7,9H2,(H2,15,17). The van der Waals surface area contributed by atoms with Crippen molar-refractivity contribution < 1.29 is 0 Å². The lowest BCUT2D eigenvalue weighted by molar-refractivity contribution is 0.743. The zero-order valence-corrected chi connectivity index (χ0v) is 11.6. The quantitative estimate of drug-likeness (QED) is 0.854. The lowest BCUT2D eigenvalue weighted by Gasteiger charge is -2.30. The van der Waals surface area contributed by atoms with E-state index in [0.717, 1.165) is 30.8 Å². The van der Waals surface area contributed by atoms with Crippen molar-refractivity contribution in [1.29, 1.82) is 0 Å². The number of nitrogens with zero attached hydrogens (tertiary/aromatic N) is 1. The summed E-state index contributed by atoms with van der Waals surface area (Å²) >= 11 is 6.99. The van der Waals surface area contributed by atoms with Gasteiger partial charge in [-0.3, -0.25) is 0 Å². The first-order chi connectivity index (χ1) is 8.75. The average molecular weight is 274 g/mol. The Morgan fingerprint density at radius 3 is 2.94 bits per heavy atom. The molecule has 0 atom stereocenters. The first-order valence-corrected chi connectivity index (χ1v) is 7.23. The zero-order valence-electron chi connectivity index (χ0n) is 9.93. The number of anilines is 1. The summed E-state index contributed by atoms with van der Waals surface area (Å²) in [7, 11) is 0. The molecule has 92 valence electrons. The normalized spacial score (nSPS) is 14.3. The van der Waals surface area contributed by atoms with E-state index in [1.807, 2.05) is 29.5 Å². The van der Waals surface area contributed by atoms with Gasteiger partial charge >= 0.3 is 0 Å². The highest BCUT2D eigenvalue weighted by Gasteiger charge is 2.19. The van der Waals surface area contributed by atoms with E-state index in [9.17, 15) is 0 Å². The topological polar surface area (TPSA) is 29.3 Å². The second-order valence-electron chi connectivity index (χ2n) is 4.42. The van der Waals surface area contributed by atoms with E-state index in [-0.39, 0.29) is 0 Å². The molecule has 0 bridgehead atoms. The molecule has 4 heteroatoms.